The fourth-order valence-corrected chi connectivity index (χ4v) is 3.76. The second-order valence-corrected chi connectivity index (χ2v) is 6.42. The van der Waals surface area contributed by atoms with E-state index in [0.29, 0.717) is 6.04 Å². The molecule has 0 unspecified atom stereocenters. The van der Waals surface area contributed by atoms with Crippen molar-refractivity contribution >= 4 is 16.7 Å². The zero-order valence-electron chi connectivity index (χ0n) is 12.4. The zero-order chi connectivity index (χ0) is 14.4. The third-order valence-electron chi connectivity index (χ3n) is 4.39. The Hall–Kier alpha value is -1.54. The Bertz CT molecular complexity index is 643. The molecule has 2 aromatic heterocycles. The summed E-state index contributed by atoms with van der Waals surface area (Å²) in [7, 11) is 0. The first-order valence-electron chi connectivity index (χ1n) is 7.45. The lowest BCUT2D eigenvalue weighted by atomic mass is 10.1. The van der Waals surface area contributed by atoms with Crippen LogP contribution in [-0.2, 0) is 19.5 Å². The molecule has 4 rings (SSSR count). The predicted octanol–water partition coefficient (Wildman–Crippen LogP) is 0.705. The number of aromatic nitrogens is 5. The summed E-state index contributed by atoms with van der Waals surface area (Å²) < 4.78 is 6.59. The van der Waals surface area contributed by atoms with E-state index in [1.807, 2.05) is 6.92 Å². The van der Waals surface area contributed by atoms with Gasteiger partial charge in [-0.2, -0.15) is 4.37 Å². The first-order chi connectivity index (χ1) is 10.2. The van der Waals surface area contributed by atoms with Crippen molar-refractivity contribution in [1.29, 1.82) is 0 Å². The molecule has 0 bridgehead atoms. The van der Waals surface area contributed by atoms with E-state index >= 15 is 0 Å². The van der Waals surface area contributed by atoms with Crippen molar-refractivity contribution in [2.75, 3.05) is 24.5 Å². The molecule has 0 spiro atoms. The van der Waals surface area contributed by atoms with E-state index in [-0.39, 0.29) is 0 Å². The van der Waals surface area contributed by atoms with Gasteiger partial charge in [-0.1, -0.05) is 6.92 Å². The lowest BCUT2D eigenvalue weighted by Crippen LogP contribution is -2.60. The summed E-state index contributed by atoms with van der Waals surface area (Å²) in [5, 5.41) is 9.51. The molecule has 0 aromatic carbocycles. The van der Waals surface area contributed by atoms with E-state index in [2.05, 4.69) is 40.8 Å². The van der Waals surface area contributed by atoms with Crippen LogP contribution in [0.5, 0.6) is 0 Å². The number of anilines is 1. The summed E-state index contributed by atoms with van der Waals surface area (Å²) in [4.78, 5) is 9.40. The molecular formula is C13H19N7S. The molecule has 1 saturated heterocycles. The van der Waals surface area contributed by atoms with Crippen molar-refractivity contribution in [3.8, 4) is 0 Å². The third kappa shape index (κ3) is 2.22. The maximum absolute atomic E-state index is 4.56. The monoisotopic (exact) mass is 305 g/mol. The average Bonchev–Trinajstić information content (AvgIpc) is 3.05. The van der Waals surface area contributed by atoms with Gasteiger partial charge in [0.1, 0.15) is 17.5 Å². The Morgan fingerprint density at radius 3 is 2.86 bits per heavy atom. The van der Waals surface area contributed by atoms with Gasteiger partial charge in [-0.15, -0.1) is 10.2 Å². The van der Waals surface area contributed by atoms with Crippen LogP contribution in [0.3, 0.4) is 0 Å². The third-order valence-corrected chi connectivity index (χ3v) is 5.21. The highest BCUT2D eigenvalue weighted by molar-refractivity contribution is 7.09. The van der Waals surface area contributed by atoms with Crippen LogP contribution in [-0.4, -0.2) is 54.7 Å². The van der Waals surface area contributed by atoms with Gasteiger partial charge in [0.25, 0.3) is 0 Å². The van der Waals surface area contributed by atoms with Gasteiger partial charge in [0.05, 0.1) is 6.54 Å². The minimum Gasteiger partial charge on any atom is -0.344 e. The summed E-state index contributed by atoms with van der Waals surface area (Å²) in [6.45, 7) is 9.21. The van der Waals surface area contributed by atoms with E-state index in [1.54, 1.807) is 0 Å². The van der Waals surface area contributed by atoms with E-state index in [9.17, 15) is 0 Å². The number of aryl methyl sites for hydroxylation is 2. The van der Waals surface area contributed by atoms with Gasteiger partial charge in [0.2, 0.25) is 5.13 Å². The molecular weight excluding hydrogens is 286 g/mol. The molecule has 0 amide bonds. The molecule has 0 radical (unpaired) electrons. The Labute approximate surface area is 127 Å². The number of fused-ring (bicyclic) bond motifs is 1. The molecule has 2 aliphatic heterocycles. The van der Waals surface area contributed by atoms with Crippen LogP contribution < -0.4 is 4.90 Å². The van der Waals surface area contributed by atoms with Crippen molar-refractivity contribution in [3.63, 3.8) is 0 Å². The fraction of sp³-hybridized carbons (Fsp3) is 0.692. The standard InChI is InChI=1S/C13H19N7S/c1-3-11-14-13(21-17-11)19-6-10(7-19)18-4-5-20-9(2)15-16-12(20)8-18/h10H,3-8H2,1-2H3. The second-order valence-electron chi connectivity index (χ2n) is 5.69. The number of rotatable bonds is 3. The van der Waals surface area contributed by atoms with Crippen molar-refractivity contribution in [1.82, 2.24) is 29.0 Å². The Morgan fingerprint density at radius 2 is 2.10 bits per heavy atom. The highest BCUT2D eigenvalue weighted by Gasteiger charge is 2.35. The maximum Gasteiger partial charge on any atom is 0.205 e. The van der Waals surface area contributed by atoms with E-state index in [0.717, 1.165) is 61.7 Å². The van der Waals surface area contributed by atoms with Gasteiger partial charge in [0, 0.05) is 50.2 Å². The molecule has 112 valence electrons. The summed E-state index contributed by atoms with van der Waals surface area (Å²) in [5.41, 5.74) is 0. The van der Waals surface area contributed by atoms with Crippen LogP contribution in [0.4, 0.5) is 5.13 Å². The molecule has 1 fully saturated rings. The smallest absolute Gasteiger partial charge is 0.205 e. The first kappa shape index (κ1) is 13.1. The van der Waals surface area contributed by atoms with Gasteiger partial charge >= 0.3 is 0 Å². The molecule has 2 aliphatic rings. The summed E-state index contributed by atoms with van der Waals surface area (Å²) in [6, 6.07) is 0.602. The van der Waals surface area contributed by atoms with Gasteiger partial charge in [0.15, 0.2) is 0 Å². The Kier molecular flexibility index (Phi) is 3.15. The van der Waals surface area contributed by atoms with Gasteiger partial charge < -0.3 is 9.47 Å². The van der Waals surface area contributed by atoms with Crippen molar-refractivity contribution in [3.05, 3.63) is 17.5 Å². The normalized spacial score (nSPS) is 19.6. The largest absolute Gasteiger partial charge is 0.344 e. The van der Waals surface area contributed by atoms with Gasteiger partial charge in [-0.3, -0.25) is 4.90 Å². The molecule has 21 heavy (non-hydrogen) atoms. The summed E-state index contributed by atoms with van der Waals surface area (Å²) >= 11 is 1.52. The highest BCUT2D eigenvalue weighted by Crippen LogP contribution is 2.27. The predicted molar refractivity (Wildman–Crippen MR) is 80.5 cm³/mol. The Morgan fingerprint density at radius 1 is 1.24 bits per heavy atom. The molecule has 2 aromatic rings. The SMILES string of the molecule is CCc1nsc(N2CC(N3CCn4c(C)nnc4C3)C2)n1. The van der Waals surface area contributed by atoms with Crippen LogP contribution >= 0.6 is 11.5 Å². The van der Waals surface area contributed by atoms with Crippen LogP contribution in [0.25, 0.3) is 0 Å². The topological polar surface area (TPSA) is 63.0 Å². The van der Waals surface area contributed by atoms with E-state index in [4.69, 9.17) is 0 Å². The number of hydrogen-bond acceptors (Lipinski definition) is 7. The molecule has 0 atom stereocenters. The van der Waals surface area contributed by atoms with Crippen molar-refractivity contribution < 1.29 is 0 Å². The van der Waals surface area contributed by atoms with Crippen LogP contribution in [0.2, 0.25) is 0 Å². The maximum atomic E-state index is 4.56. The Balaban J connectivity index is 1.38. The van der Waals surface area contributed by atoms with Crippen LogP contribution in [0, 0.1) is 6.92 Å². The quantitative estimate of drug-likeness (QED) is 0.832. The molecule has 0 saturated carbocycles. The minimum absolute atomic E-state index is 0.602. The highest BCUT2D eigenvalue weighted by atomic mass is 32.1. The lowest BCUT2D eigenvalue weighted by Gasteiger charge is -2.46. The van der Waals surface area contributed by atoms with Crippen LogP contribution in [0.1, 0.15) is 24.4 Å². The van der Waals surface area contributed by atoms with Crippen molar-refractivity contribution in [2.24, 2.45) is 0 Å². The zero-order valence-corrected chi connectivity index (χ0v) is 13.2. The summed E-state index contributed by atoms with van der Waals surface area (Å²) in [6.07, 6.45) is 0.912. The van der Waals surface area contributed by atoms with Gasteiger partial charge in [-0.25, -0.2) is 4.98 Å². The molecule has 4 heterocycles. The first-order valence-corrected chi connectivity index (χ1v) is 8.22. The van der Waals surface area contributed by atoms with E-state index in [1.165, 1.54) is 11.5 Å². The van der Waals surface area contributed by atoms with Gasteiger partial charge in [-0.05, 0) is 6.92 Å². The number of hydrogen-bond donors (Lipinski definition) is 0. The fourth-order valence-electron chi connectivity index (χ4n) is 2.99. The van der Waals surface area contributed by atoms with Crippen molar-refractivity contribution in [2.45, 2.75) is 39.4 Å². The molecule has 8 heteroatoms. The second kappa shape index (κ2) is 5.03. The lowest BCUT2D eigenvalue weighted by molar-refractivity contribution is 0.128. The number of nitrogens with zero attached hydrogens (tertiary/aromatic N) is 7. The molecule has 7 nitrogen and oxygen atoms in total. The minimum atomic E-state index is 0.602. The molecule has 0 aliphatic carbocycles. The molecule has 0 N–H and O–H groups in total. The van der Waals surface area contributed by atoms with E-state index < -0.39 is 0 Å². The average molecular weight is 305 g/mol. The van der Waals surface area contributed by atoms with Crippen LogP contribution in [0.15, 0.2) is 0 Å². The summed E-state index contributed by atoms with van der Waals surface area (Å²) in [5.74, 6) is 3.09.